The van der Waals surface area contributed by atoms with Crippen LogP contribution in [0.15, 0.2) is 46.8 Å². The highest BCUT2D eigenvalue weighted by atomic mass is 35.5. The maximum absolute atomic E-state index is 12.5. The molecule has 0 radical (unpaired) electrons. The molecule has 0 saturated heterocycles. The summed E-state index contributed by atoms with van der Waals surface area (Å²) in [6.45, 7) is 3.94. The van der Waals surface area contributed by atoms with Crippen molar-refractivity contribution < 1.29 is 19.1 Å². The number of benzene rings is 1. The summed E-state index contributed by atoms with van der Waals surface area (Å²) >= 11 is 6.32. The molecule has 5 nitrogen and oxygen atoms in total. The van der Waals surface area contributed by atoms with E-state index in [0.29, 0.717) is 33.1 Å². The first kappa shape index (κ1) is 15.6. The fourth-order valence-electron chi connectivity index (χ4n) is 2.97. The lowest BCUT2D eigenvalue weighted by molar-refractivity contribution is -0.138. The van der Waals surface area contributed by atoms with Gasteiger partial charge in [-0.3, -0.25) is 0 Å². The number of esters is 2. The smallest absolute Gasteiger partial charge is 0.337 e. The van der Waals surface area contributed by atoms with Gasteiger partial charge in [0.1, 0.15) is 6.61 Å². The first-order valence-electron chi connectivity index (χ1n) is 7.34. The number of nitrogens with one attached hydrogen (secondary N) is 1. The summed E-state index contributed by atoms with van der Waals surface area (Å²) < 4.78 is 10.3. The second-order valence-electron chi connectivity index (χ2n) is 5.31. The van der Waals surface area contributed by atoms with Gasteiger partial charge >= 0.3 is 11.9 Å². The van der Waals surface area contributed by atoms with Gasteiger partial charge < -0.3 is 14.8 Å². The minimum Gasteiger partial charge on any atom is -0.463 e. The topological polar surface area (TPSA) is 64.6 Å². The molecule has 6 heteroatoms. The summed E-state index contributed by atoms with van der Waals surface area (Å²) in [5.74, 6) is -1.49. The van der Waals surface area contributed by atoms with Gasteiger partial charge in [-0.15, -0.1) is 0 Å². The predicted octanol–water partition coefficient (Wildman–Crippen LogP) is 2.67. The Morgan fingerprint density at radius 1 is 1.43 bits per heavy atom. The number of carbonyl (C=O) groups is 2. The fraction of sp³-hybridized carbons (Fsp3) is 0.294. The minimum atomic E-state index is -0.589. The van der Waals surface area contributed by atoms with E-state index >= 15 is 0 Å². The zero-order valence-electron chi connectivity index (χ0n) is 12.8. The third-order valence-electron chi connectivity index (χ3n) is 3.92. The SMILES string of the molecule is CCOC(=O)C1=C(C)NC2=C(C(=O)OC2)C1c1ccccc1Cl. The monoisotopic (exact) mass is 333 g/mol. The van der Waals surface area contributed by atoms with E-state index in [0.717, 1.165) is 0 Å². The van der Waals surface area contributed by atoms with Crippen LogP contribution in [0.25, 0.3) is 0 Å². The molecular weight excluding hydrogens is 318 g/mol. The number of cyclic esters (lactones) is 1. The number of halogens is 1. The lowest BCUT2D eigenvalue weighted by Gasteiger charge is -2.28. The Morgan fingerprint density at radius 2 is 2.17 bits per heavy atom. The van der Waals surface area contributed by atoms with E-state index in [1.807, 2.05) is 6.07 Å². The van der Waals surface area contributed by atoms with Gasteiger partial charge in [0.25, 0.3) is 0 Å². The molecule has 1 N–H and O–H groups in total. The van der Waals surface area contributed by atoms with Gasteiger partial charge in [-0.05, 0) is 25.5 Å². The molecule has 2 aliphatic rings. The molecule has 1 aromatic rings. The van der Waals surface area contributed by atoms with Crippen LogP contribution in [0.2, 0.25) is 5.02 Å². The second kappa shape index (κ2) is 6.08. The number of carbonyl (C=O) groups excluding carboxylic acids is 2. The molecule has 0 fully saturated rings. The molecule has 0 aliphatic carbocycles. The molecule has 1 aromatic carbocycles. The van der Waals surface area contributed by atoms with E-state index in [2.05, 4.69) is 5.32 Å². The van der Waals surface area contributed by atoms with E-state index in [-0.39, 0.29) is 13.2 Å². The van der Waals surface area contributed by atoms with Crippen molar-refractivity contribution in [3.8, 4) is 0 Å². The van der Waals surface area contributed by atoms with E-state index in [4.69, 9.17) is 21.1 Å². The molecule has 0 spiro atoms. The molecule has 2 heterocycles. The Bertz CT molecular complexity index is 751. The zero-order chi connectivity index (χ0) is 16.6. The first-order chi connectivity index (χ1) is 11.0. The Kier molecular flexibility index (Phi) is 4.13. The summed E-state index contributed by atoms with van der Waals surface area (Å²) in [5, 5.41) is 3.57. The Labute approximate surface area is 138 Å². The van der Waals surface area contributed by atoms with Crippen LogP contribution in [-0.4, -0.2) is 25.2 Å². The molecule has 2 aliphatic heterocycles. The van der Waals surface area contributed by atoms with Crippen molar-refractivity contribution in [1.29, 1.82) is 0 Å². The highest BCUT2D eigenvalue weighted by Crippen LogP contribution is 2.43. The van der Waals surface area contributed by atoms with Gasteiger partial charge in [0.2, 0.25) is 0 Å². The van der Waals surface area contributed by atoms with Gasteiger partial charge in [-0.25, -0.2) is 9.59 Å². The number of hydrogen-bond acceptors (Lipinski definition) is 5. The van der Waals surface area contributed by atoms with Crippen molar-refractivity contribution in [1.82, 2.24) is 5.32 Å². The third-order valence-corrected chi connectivity index (χ3v) is 4.27. The quantitative estimate of drug-likeness (QED) is 0.862. The van der Waals surface area contributed by atoms with Crippen LogP contribution in [0, 0.1) is 0 Å². The Hall–Kier alpha value is -2.27. The number of rotatable bonds is 3. The van der Waals surface area contributed by atoms with E-state index < -0.39 is 17.9 Å². The second-order valence-corrected chi connectivity index (χ2v) is 5.71. The van der Waals surface area contributed by atoms with Gasteiger partial charge in [0.05, 0.1) is 29.4 Å². The molecule has 120 valence electrons. The van der Waals surface area contributed by atoms with E-state index in [1.165, 1.54) is 0 Å². The lowest BCUT2D eigenvalue weighted by Crippen LogP contribution is -2.30. The lowest BCUT2D eigenvalue weighted by atomic mass is 9.81. The number of allylic oxidation sites excluding steroid dienone is 1. The van der Waals surface area contributed by atoms with Crippen LogP contribution in [-0.2, 0) is 19.1 Å². The largest absolute Gasteiger partial charge is 0.463 e. The summed E-state index contributed by atoms with van der Waals surface area (Å²) in [6, 6.07) is 7.16. The first-order valence-corrected chi connectivity index (χ1v) is 7.71. The van der Waals surface area contributed by atoms with Crippen molar-refractivity contribution in [2.75, 3.05) is 13.2 Å². The number of dihydropyridines is 1. The number of hydrogen-bond donors (Lipinski definition) is 1. The van der Waals surface area contributed by atoms with Gasteiger partial charge in [-0.2, -0.15) is 0 Å². The van der Waals surface area contributed by atoms with Crippen LogP contribution in [0.4, 0.5) is 0 Å². The summed E-state index contributed by atoms with van der Waals surface area (Å²) in [4.78, 5) is 24.7. The molecule has 0 bridgehead atoms. The van der Waals surface area contributed by atoms with Crippen LogP contribution in [0.1, 0.15) is 25.3 Å². The maximum Gasteiger partial charge on any atom is 0.337 e. The molecule has 3 rings (SSSR count). The molecule has 0 aromatic heterocycles. The van der Waals surface area contributed by atoms with E-state index in [1.54, 1.807) is 32.0 Å². The minimum absolute atomic E-state index is 0.169. The highest BCUT2D eigenvalue weighted by molar-refractivity contribution is 6.31. The summed E-state index contributed by atoms with van der Waals surface area (Å²) in [6.07, 6.45) is 0. The van der Waals surface area contributed by atoms with E-state index in [9.17, 15) is 9.59 Å². The van der Waals surface area contributed by atoms with Crippen LogP contribution in [0.3, 0.4) is 0 Å². The van der Waals surface area contributed by atoms with Crippen LogP contribution < -0.4 is 5.32 Å². The van der Waals surface area contributed by atoms with Gasteiger partial charge in [0, 0.05) is 10.7 Å². The third kappa shape index (κ3) is 2.61. The zero-order valence-corrected chi connectivity index (χ0v) is 13.6. The molecule has 23 heavy (non-hydrogen) atoms. The molecule has 1 atom stereocenters. The Morgan fingerprint density at radius 3 is 2.87 bits per heavy atom. The number of ether oxygens (including phenoxy) is 2. The highest BCUT2D eigenvalue weighted by Gasteiger charge is 2.42. The normalized spacial score (nSPS) is 20.1. The molecule has 0 saturated carbocycles. The average molecular weight is 334 g/mol. The van der Waals surface area contributed by atoms with Crippen molar-refractivity contribution in [3.05, 3.63) is 57.4 Å². The van der Waals surface area contributed by atoms with Gasteiger partial charge in [0.15, 0.2) is 0 Å². The fourth-order valence-corrected chi connectivity index (χ4v) is 3.21. The predicted molar refractivity (Wildman–Crippen MR) is 84.6 cm³/mol. The van der Waals surface area contributed by atoms with Crippen molar-refractivity contribution in [3.63, 3.8) is 0 Å². The van der Waals surface area contributed by atoms with Crippen molar-refractivity contribution >= 4 is 23.5 Å². The molecule has 0 amide bonds. The maximum atomic E-state index is 12.5. The van der Waals surface area contributed by atoms with Crippen LogP contribution in [0.5, 0.6) is 0 Å². The molecule has 1 unspecified atom stereocenters. The summed E-state index contributed by atoms with van der Waals surface area (Å²) in [7, 11) is 0. The molecular formula is C17H16ClNO4. The Balaban J connectivity index is 2.18. The standard InChI is InChI=1S/C17H16ClNO4/c1-3-22-16(20)13-9(2)19-12-8-23-17(21)15(12)14(13)10-6-4-5-7-11(10)18/h4-7,14,19H,3,8H2,1-2H3. The van der Waals surface area contributed by atoms with Crippen LogP contribution >= 0.6 is 11.6 Å². The average Bonchev–Trinajstić information content (AvgIpc) is 2.87. The van der Waals surface area contributed by atoms with Gasteiger partial charge in [-0.1, -0.05) is 29.8 Å². The summed E-state index contributed by atoms with van der Waals surface area (Å²) in [5.41, 5.74) is 2.81. The van der Waals surface area contributed by atoms with Crippen molar-refractivity contribution in [2.24, 2.45) is 0 Å². The van der Waals surface area contributed by atoms with Crippen molar-refractivity contribution in [2.45, 2.75) is 19.8 Å².